The molecule has 5 heteroatoms. The summed E-state index contributed by atoms with van der Waals surface area (Å²) in [5.74, 6) is 1.93. The Labute approximate surface area is 298 Å². The molecule has 10 rings (SSSR count). The van der Waals surface area contributed by atoms with Crippen LogP contribution in [0.2, 0.25) is 0 Å². The zero-order valence-corrected chi connectivity index (χ0v) is 28.5. The van der Waals surface area contributed by atoms with Crippen molar-refractivity contribution in [3.63, 3.8) is 0 Å². The molecular formula is C46H29N3OS. The lowest BCUT2D eigenvalue weighted by Gasteiger charge is -2.10. The van der Waals surface area contributed by atoms with E-state index in [2.05, 4.69) is 122 Å². The van der Waals surface area contributed by atoms with Gasteiger partial charge in [-0.2, -0.15) is 0 Å². The van der Waals surface area contributed by atoms with E-state index in [1.54, 1.807) is 0 Å². The van der Waals surface area contributed by atoms with Crippen molar-refractivity contribution in [2.75, 3.05) is 0 Å². The Kier molecular flexibility index (Phi) is 6.86. The highest BCUT2D eigenvalue weighted by molar-refractivity contribution is 7.26. The number of para-hydroxylation sites is 2. The molecule has 3 heterocycles. The molecule has 0 saturated heterocycles. The molecular weight excluding hydrogens is 643 g/mol. The van der Waals surface area contributed by atoms with Crippen molar-refractivity contribution in [1.29, 1.82) is 0 Å². The van der Waals surface area contributed by atoms with Crippen LogP contribution < -0.4 is 0 Å². The summed E-state index contributed by atoms with van der Waals surface area (Å²) in [5, 5.41) is 4.61. The second kappa shape index (κ2) is 11.9. The van der Waals surface area contributed by atoms with Crippen LogP contribution in [0, 0.1) is 6.92 Å². The minimum absolute atomic E-state index is 0.630. The minimum Gasteiger partial charge on any atom is -0.455 e. The molecule has 0 aliphatic rings. The van der Waals surface area contributed by atoms with Crippen LogP contribution in [0.5, 0.6) is 0 Å². The number of aryl methyl sites for hydroxylation is 1. The van der Waals surface area contributed by atoms with E-state index in [1.807, 2.05) is 53.8 Å². The Morgan fingerprint density at radius 3 is 1.90 bits per heavy atom. The number of benzene rings is 7. The maximum absolute atomic E-state index is 6.34. The molecule has 0 amide bonds. The average molecular weight is 672 g/mol. The Morgan fingerprint density at radius 2 is 1.06 bits per heavy atom. The molecule has 0 spiro atoms. The first-order valence-electron chi connectivity index (χ1n) is 17.0. The second-order valence-electron chi connectivity index (χ2n) is 12.9. The van der Waals surface area contributed by atoms with E-state index < -0.39 is 0 Å². The van der Waals surface area contributed by atoms with Gasteiger partial charge in [0.1, 0.15) is 11.2 Å². The molecule has 0 atom stereocenters. The quantitative estimate of drug-likeness (QED) is 0.183. The highest BCUT2D eigenvalue weighted by atomic mass is 32.1. The molecule has 0 radical (unpaired) electrons. The van der Waals surface area contributed by atoms with Gasteiger partial charge in [0.25, 0.3) is 0 Å². The number of fused-ring (bicyclic) bond motifs is 6. The number of nitrogens with zero attached hydrogens (tertiary/aromatic N) is 3. The maximum atomic E-state index is 6.34. The molecule has 3 aromatic heterocycles. The fourth-order valence-corrected chi connectivity index (χ4v) is 8.30. The zero-order valence-electron chi connectivity index (χ0n) is 27.7. The Balaban J connectivity index is 1.10. The average Bonchev–Trinajstić information content (AvgIpc) is 3.76. The predicted molar refractivity (Wildman–Crippen MR) is 212 cm³/mol. The summed E-state index contributed by atoms with van der Waals surface area (Å²) in [4.78, 5) is 15.3. The van der Waals surface area contributed by atoms with Crippen LogP contribution in [-0.2, 0) is 0 Å². The number of furan rings is 1. The lowest BCUT2D eigenvalue weighted by atomic mass is 10.0. The third-order valence-electron chi connectivity index (χ3n) is 9.62. The molecule has 0 fully saturated rings. The maximum Gasteiger partial charge on any atom is 0.164 e. The van der Waals surface area contributed by atoms with Gasteiger partial charge in [-0.05, 0) is 41.8 Å². The molecule has 4 nitrogen and oxygen atoms in total. The van der Waals surface area contributed by atoms with Crippen LogP contribution >= 0.6 is 11.3 Å². The molecule has 240 valence electrons. The van der Waals surface area contributed by atoms with Gasteiger partial charge >= 0.3 is 0 Å². The van der Waals surface area contributed by atoms with E-state index in [-0.39, 0.29) is 0 Å². The van der Waals surface area contributed by atoms with Crippen LogP contribution in [-0.4, -0.2) is 15.0 Å². The summed E-state index contributed by atoms with van der Waals surface area (Å²) < 4.78 is 8.79. The van der Waals surface area contributed by atoms with Crippen molar-refractivity contribution in [3.8, 4) is 56.4 Å². The third kappa shape index (κ3) is 5.09. The van der Waals surface area contributed by atoms with Gasteiger partial charge < -0.3 is 4.42 Å². The van der Waals surface area contributed by atoms with Gasteiger partial charge in [-0.1, -0.05) is 145 Å². The Bertz CT molecular complexity index is 2920. The van der Waals surface area contributed by atoms with Gasteiger partial charge in [0, 0.05) is 53.2 Å². The summed E-state index contributed by atoms with van der Waals surface area (Å²) in [7, 11) is 0. The first-order valence-corrected chi connectivity index (χ1v) is 17.8. The largest absolute Gasteiger partial charge is 0.455 e. The van der Waals surface area contributed by atoms with Gasteiger partial charge in [0.2, 0.25) is 0 Å². The fraction of sp³-hybridized carbons (Fsp3) is 0.0217. The fourth-order valence-electron chi connectivity index (χ4n) is 7.13. The molecule has 0 aliphatic carbocycles. The van der Waals surface area contributed by atoms with E-state index in [4.69, 9.17) is 19.4 Å². The van der Waals surface area contributed by atoms with Gasteiger partial charge in [0.05, 0.1) is 0 Å². The van der Waals surface area contributed by atoms with Gasteiger partial charge in [-0.25, -0.2) is 15.0 Å². The highest BCUT2D eigenvalue weighted by Crippen LogP contribution is 2.42. The lowest BCUT2D eigenvalue weighted by molar-refractivity contribution is 0.670. The number of rotatable bonds is 5. The van der Waals surface area contributed by atoms with E-state index in [9.17, 15) is 0 Å². The molecule has 0 N–H and O–H groups in total. The smallest absolute Gasteiger partial charge is 0.164 e. The van der Waals surface area contributed by atoms with Crippen LogP contribution in [0.3, 0.4) is 0 Å². The monoisotopic (exact) mass is 671 g/mol. The molecule has 10 aromatic rings. The van der Waals surface area contributed by atoms with Gasteiger partial charge in [-0.15, -0.1) is 11.3 Å². The Hall–Kier alpha value is -6.43. The van der Waals surface area contributed by atoms with E-state index >= 15 is 0 Å². The number of aromatic nitrogens is 3. The Morgan fingerprint density at radius 1 is 0.431 bits per heavy atom. The van der Waals surface area contributed by atoms with E-state index in [1.165, 1.54) is 36.9 Å². The first kappa shape index (κ1) is 29.5. The van der Waals surface area contributed by atoms with E-state index in [0.717, 1.165) is 49.8 Å². The summed E-state index contributed by atoms with van der Waals surface area (Å²) in [6.07, 6.45) is 0. The van der Waals surface area contributed by atoms with Crippen molar-refractivity contribution in [1.82, 2.24) is 15.0 Å². The summed E-state index contributed by atoms with van der Waals surface area (Å²) >= 11 is 1.81. The van der Waals surface area contributed by atoms with Crippen molar-refractivity contribution >= 4 is 53.4 Å². The van der Waals surface area contributed by atoms with Gasteiger partial charge in [-0.3, -0.25) is 0 Å². The minimum atomic E-state index is 0.630. The van der Waals surface area contributed by atoms with Crippen molar-refractivity contribution in [2.45, 2.75) is 6.92 Å². The SMILES string of the molecule is Cc1cccc(-c2ccc3c(c2)sc2cccc(-c4nc(-c5ccccc5)nc(-c5ccc(-c6cccc7c6oc6ccccc67)cc5)n4)c23)c1. The van der Waals surface area contributed by atoms with Crippen LogP contribution in [0.4, 0.5) is 0 Å². The predicted octanol–water partition coefficient (Wildman–Crippen LogP) is 12.8. The summed E-state index contributed by atoms with van der Waals surface area (Å²) in [5.41, 5.74) is 10.5. The van der Waals surface area contributed by atoms with Crippen molar-refractivity contribution in [2.24, 2.45) is 0 Å². The standard InChI is InChI=1S/C46H29N3OS/c1-28-10-7-13-32(26-28)33-24-25-37-41(27-33)51-40-19-9-17-38(42(37)40)46-48-44(30-11-3-2-4-12-30)47-45(49-46)31-22-20-29(21-23-31)34-15-8-16-36-35-14-5-6-18-39(35)50-43(34)36/h2-27H,1H3. The van der Waals surface area contributed by atoms with Crippen LogP contribution in [0.1, 0.15) is 5.56 Å². The lowest BCUT2D eigenvalue weighted by Crippen LogP contribution is -2.00. The van der Waals surface area contributed by atoms with Crippen LogP contribution in [0.15, 0.2) is 162 Å². The summed E-state index contributed by atoms with van der Waals surface area (Å²) in [6.45, 7) is 2.14. The summed E-state index contributed by atoms with van der Waals surface area (Å²) in [6, 6.07) is 55.0. The molecule has 0 unspecified atom stereocenters. The van der Waals surface area contributed by atoms with Crippen molar-refractivity contribution < 1.29 is 4.42 Å². The molecule has 0 saturated carbocycles. The normalized spacial score (nSPS) is 11.6. The molecule has 51 heavy (non-hydrogen) atoms. The van der Waals surface area contributed by atoms with Gasteiger partial charge in [0.15, 0.2) is 17.5 Å². The highest BCUT2D eigenvalue weighted by Gasteiger charge is 2.18. The zero-order chi connectivity index (χ0) is 33.9. The van der Waals surface area contributed by atoms with Crippen molar-refractivity contribution in [3.05, 3.63) is 163 Å². The first-order chi connectivity index (χ1) is 25.2. The van der Waals surface area contributed by atoms with E-state index in [0.29, 0.717) is 17.5 Å². The molecule has 0 bridgehead atoms. The molecule has 0 aliphatic heterocycles. The molecule has 7 aromatic carbocycles. The third-order valence-corrected chi connectivity index (χ3v) is 10.7. The number of hydrogen-bond donors (Lipinski definition) is 0. The second-order valence-corrected chi connectivity index (χ2v) is 14.0. The number of hydrogen-bond acceptors (Lipinski definition) is 5. The number of thiophene rings is 1. The topological polar surface area (TPSA) is 51.8 Å². The van der Waals surface area contributed by atoms with Crippen LogP contribution in [0.25, 0.3) is 98.5 Å².